The number of fused-ring (bicyclic) bond motifs is 1. The second-order valence-corrected chi connectivity index (χ2v) is 11.7. The lowest BCUT2D eigenvalue weighted by Crippen LogP contribution is -2.44. The number of likely N-dealkylation sites (tertiary alicyclic amines) is 1. The maximum atomic E-state index is 15.5. The standard InChI is InChI=1S/C35H31ClF2N6O3/c1-3-39-35-40-15-22(16-41-35)21-11-12-30-26(13-21)27(20(2)45)18-43(30)19-32(46)44-17-23(37)14-31(44)34(47)42-29-10-6-8-25(33(29)38)24-7-4-5-9-28(24)36/h4-13,15-16,18,23,31H,3,14,17,19H2,1-2H3,(H,42,47)(H,39,40,41)/t23-,31+/m1/s1. The van der Waals surface area contributed by atoms with Gasteiger partial charge in [-0.25, -0.2) is 18.7 Å². The number of hydrogen-bond acceptors (Lipinski definition) is 6. The van der Waals surface area contributed by atoms with Crippen LogP contribution in [0.2, 0.25) is 5.02 Å². The first-order valence-corrected chi connectivity index (χ1v) is 15.5. The van der Waals surface area contributed by atoms with Crippen molar-refractivity contribution >= 4 is 51.7 Å². The van der Waals surface area contributed by atoms with Crippen LogP contribution in [0.15, 0.2) is 79.3 Å². The number of nitrogens with zero attached hydrogens (tertiary/aromatic N) is 4. The van der Waals surface area contributed by atoms with Gasteiger partial charge in [0.15, 0.2) is 11.6 Å². The molecule has 0 spiro atoms. The molecule has 2 atom stereocenters. The van der Waals surface area contributed by atoms with Crippen LogP contribution >= 0.6 is 11.6 Å². The topological polar surface area (TPSA) is 109 Å². The summed E-state index contributed by atoms with van der Waals surface area (Å²) in [7, 11) is 0. The van der Waals surface area contributed by atoms with Gasteiger partial charge in [-0.1, -0.05) is 48.0 Å². The molecule has 6 rings (SSSR count). The van der Waals surface area contributed by atoms with E-state index in [1.54, 1.807) is 65.6 Å². The Balaban J connectivity index is 1.23. The first-order valence-electron chi connectivity index (χ1n) is 15.1. The highest BCUT2D eigenvalue weighted by Gasteiger charge is 2.40. The van der Waals surface area contributed by atoms with Gasteiger partial charge < -0.3 is 20.1 Å². The number of hydrogen-bond donors (Lipinski definition) is 2. The van der Waals surface area contributed by atoms with E-state index in [4.69, 9.17) is 11.6 Å². The van der Waals surface area contributed by atoms with Crippen molar-refractivity contribution in [2.45, 2.75) is 39.0 Å². The zero-order chi connectivity index (χ0) is 33.2. The first-order chi connectivity index (χ1) is 22.6. The van der Waals surface area contributed by atoms with Crippen molar-refractivity contribution in [2.24, 2.45) is 0 Å². The van der Waals surface area contributed by atoms with Crippen molar-refractivity contribution in [1.29, 1.82) is 0 Å². The Morgan fingerprint density at radius 2 is 1.74 bits per heavy atom. The van der Waals surface area contributed by atoms with Crippen molar-refractivity contribution in [3.05, 3.63) is 95.7 Å². The molecule has 2 aromatic heterocycles. The van der Waals surface area contributed by atoms with Crippen LogP contribution in [0.1, 0.15) is 30.6 Å². The lowest BCUT2D eigenvalue weighted by atomic mass is 10.0. The van der Waals surface area contributed by atoms with E-state index in [0.29, 0.717) is 39.5 Å². The van der Waals surface area contributed by atoms with Gasteiger partial charge in [0.2, 0.25) is 17.8 Å². The zero-order valence-corrected chi connectivity index (χ0v) is 26.4. The number of anilines is 2. The number of ketones is 1. The largest absolute Gasteiger partial charge is 0.355 e. The molecule has 0 aliphatic carbocycles. The summed E-state index contributed by atoms with van der Waals surface area (Å²) < 4.78 is 31.9. The molecule has 1 aliphatic rings. The monoisotopic (exact) mass is 656 g/mol. The molecule has 12 heteroatoms. The van der Waals surface area contributed by atoms with Crippen LogP contribution in [0.4, 0.5) is 20.4 Å². The Labute approximate surface area is 274 Å². The fourth-order valence-corrected chi connectivity index (χ4v) is 6.13. The van der Waals surface area contributed by atoms with Crippen LogP contribution in [-0.2, 0) is 16.1 Å². The highest BCUT2D eigenvalue weighted by Crippen LogP contribution is 2.34. The minimum atomic E-state index is -1.44. The minimum Gasteiger partial charge on any atom is -0.355 e. The summed E-state index contributed by atoms with van der Waals surface area (Å²) in [6.07, 6.45) is 3.29. The predicted octanol–water partition coefficient (Wildman–Crippen LogP) is 6.77. The fourth-order valence-electron chi connectivity index (χ4n) is 5.89. The van der Waals surface area contributed by atoms with Gasteiger partial charge in [-0.05, 0) is 43.7 Å². The van der Waals surface area contributed by atoms with Gasteiger partial charge in [0.1, 0.15) is 18.8 Å². The number of Topliss-reactive ketones (excluding diaryl/α,β-unsaturated/α-hetero) is 1. The molecule has 2 amide bonds. The second-order valence-electron chi connectivity index (χ2n) is 11.3. The molecular weight excluding hydrogens is 626 g/mol. The summed E-state index contributed by atoms with van der Waals surface area (Å²) in [6, 6.07) is 15.6. The first kappa shape index (κ1) is 31.8. The van der Waals surface area contributed by atoms with Gasteiger partial charge in [-0.3, -0.25) is 14.4 Å². The van der Waals surface area contributed by atoms with Crippen LogP contribution in [0.3, 0.4) is 0 Å². The van der Waals surface area contributed by atoms with Crippen molar-refractivity contribution in [3.8, 4) is 22.3 Å². The van der Waals surface area contributed by atoms with Gasteiger partial charge in [0.05, 0.1) is 12.2 Å². The highest BCUT2D eigenvalue weighted by atomic mass is 35.5. The van der Waals surface area contributed by atoms with Crippen molar-refractivity contribution in [3.63, 3.8) is 0 Å². The maximum absolute atomic E-state index is 15.5. The molecule has 9 nitrogen and oxygen atoms in total. The molecule has 1 fully saturated rings. The molecule has 2 N–H and O–H groups in total. The lowest BCUT2D eigenvalue weighted by molar-refractivity contribution is -0.137. The van der Waals surface area contributed by atoms with Crippen LogP contribution in [-0.4, -0.2) is 62.3 Å². The van der Waals surface area contributed by atoms with Gasteiger partial charge in [0.25, 0.3) is 0 Å². The SMILES string of the molecule is CCNc1ncc(-c2ccc3c(c2)c(C(C)=O)cn3CC(=O)N2C[C@H](F)C[C@H]2C(=O)Nc2cccc(-c3ccccc3Cl)c2F)cn1. The number of halogens is 3. The summed E-state index contributed by atoms with van der Waals surface area (Å²) in [5, 5.41) is 6.57. The van der Waals surface area contributed by atoms with Crippen LogP contribution < -0.4 is 10.6 Å². The Hall–Kier alpha value is -5.16. The molecule has 0 radical (unpaired) electrons. The smallest absolute Gasteiger partial charge is 0.247 e. The van der Waals surface area contributed by atoms with Gasteiger partial charge in [-0.2, -0.15) is 0 Å². The molecule has 0 saturated carbocycles. The average Bonchev–Trinajstić information content (AvgIpc) is 3.63. The molecule has 0 unspecified atom stereocenters. The third-order valence-corrected chi connectivity index (χ3v) is 8.51. The molecule has 1 saturated heterocycles. The van der Waals surface area contributed by atoms with E-state index in [1.165, 1.54) is 17.9 Å². The number of aromatic nitrogens is 3. The maximum Gasteiger partial charge on any atom is 0.247 e. The zero-order valence-electron chi connectivity index (χ0n) is 25.6. The molecule has 5 aromatic rings. The van der Waals surface area contributed by atoms with Crippen molar-refractivity contribution in [1.82, 2.24) is 19.4 Å². The summed E-state index contributed by atoms with van der Waals surface area (Å²) in [5.74, 6) is -1.61. The van der Waals surface area contributed by atoms with E-state index >= 15 is 4.39 Å². The number of rotatable bonds is 9. The number of nitrogens with one attached hydrogen (secondary N) is 2. The van der Waals surface area contributed by atoms with Gasteiger partial charge in [0, 0.05) is 69.7 Å². The lowest BCUT2D eigenvalue weighted by Gasteiger charge is -2.24. The number of alkyl halides is 1. The van der Waals surface area contributed by atoms with Crippen LogP contribution in [0.25, 0.3) is 33.2 Å². The molecular formula is C35H31ClF2N6O3. The van der Waals surface area contributed by atoms with Crippen LogP contribution in [0.5, 0.6) is 0 Å². The third kappa shape index (κ3) is 6.44. The summed E-state index contributed by atoms with van der Waals surface area (Å²) in [4.78, 5) is 49.5. The van der Waals surface area contributed by atoms with Gasteiger partial charge in [-0.15, -0.1) is 0 Å². The molecule has 0 bridgehead atoms. The van der Waals surface area contributed by atoms with E-state index in [2.05, 4.69) is 20.6 Å². The summed E-state index contributed by atoms with van der Waals surface area (Å²) in [6.45, 7) is 3.55. The number of benzene rings is 3. The quantitative estimate of drug-likeness (QED) is 0.170. The van der Waals surface area contributed by atoms with Crippen LogP contribution in [0, 0.1) is 5.82 Å². The molecule has 3 heterocycles. The van der Waals surface area contributed by atoms with E-state index in [-0.39, 0.29) is 36.5 Å². The predicted molar refractivity (Wildman–Crippen MR) is 178 cm³/mol. The fraction of sp³-hybridized carbons (Fsp3) is 0.229. The normalized spacial score (nSPS) is 16.0. The average molecular weight is 657 g/mol. The Kier molecular flexibility index (Phi) is 8.99. The number of carbonyl (C=O) groups is 3. The van der Waals surface area contributed by atoms with E-state index in [1.807, 2.05) is 19.1 Å². The van der Waals surface area contributed by atoms with Gasteiger partial charge >= 0.3 is 0 Å². The Bertz CT molecular complexity index is 2000. The van der Waals surface area contributed by atoms with E-state index in [0.717, 1.165) is 11.1 Å². The number of carbonyl (C=O) groups excluding carboxylic acids is 3. The van der Waals surface area contributed by atoms with Crippen molar-refractivity contribution < 1.29 is 23.2 Å². The molecule has 240 valence electrons. The van der Waals surface area contributed by atoms with Crippen molar-refractivity contribution in [2.75, 3.05) is 23.7 Å². The third-order valence-electron chi connectivity index (χ3n) is 8.18. The number of amides is 2. The highest BCUT2D eigenvalue weighted by molar-refractivity contribution is 6.33. The molecule has 3 aromatic carbocycles. The summed E-state index contributed by atoms with van der Waals surface area (Å²) in [5.41, 5.74) is 3.10. The van der Waals surface area contributed by atoms with E-state index < -0.39 is 29.8 Å². The minimum absolute atomic E-state index is 0.109. The Morgan fingerprint density at radius 3 is 2.47 bits per heavy atom. The molecule has 1 aliphatic heterocycles. The van der Waals surface area contributed by atoms with E-state index in [9.17, 15) is 18.8 Å². The molecule has 47 heavy (non-hydrogen) atoms. The Morgan fingerprint density at radius 1 is 1.00 bits per heavy atom. The summed E-state index contributed by atoms with van der Waals surface area (Å²) >= 11 is 6.27. The second kappa shape index (κ2) is 13.3.